The van der Waals surface area contributed by atoms with E-state index in [1.165, 1.54) is 10.7 Å². The van der Waals surface area contributed by atoms with Gasteiger partial charge in [-0.2, -0.15) is 5.10 Å². The maximum absolute atomic E-state index is 12.5. The molecule has 0 unspecified atom stereocenters. The van der Waals surface area contributed by atoms with Gasteiger partial charge in [0.2, 0.25) is 0 Å². The van der Waals surface area contributed by atoms with Gasteiger partial charge in [-0.1, -0.05) is 12.1 Å². The van der Waals surface area contributed by atoms with Crippen molar-refractivity contribution in [2.45, 2.75) is 32.7 Å². The Balaban J connectivity index is 1.49. The summed E-state index contributed by atoms with van der Waals surface area (Å²) < 4.78 is 12.1. The van der Waals surface area contributed by atoms with Gasteiger partial charge >= 0.3 is 5.63 Å². The normalized spacial score (nSPS) is 12.7. The first-order valence-electron chi connectivity index (χ1n) is 9.64. The van der Waals surface area contributed by atoms with Gasteiger partial charge in [0.15, 0.2) is 11.3 Å². The molecular weight excluding hydrogens is 374 g/mol. The Hall–Kier alpha value is -3.42. The maximum atomic E-state index is 12.5. The Kier molecular flexibility index (Phi) is 5.16. The van der Waals surface area contributed by atoms with E-state index in [9.17, 15) is 14.4 Å². The Morgan fingerprint density at radius 1 is 1.28 bits per heavy atom. The second-order valence-electron chi connectivity index (χ2n) is 6.84. The van der Waals surface area contributed by atoms with Gasteiger partial charge < -0.3 is 14.5 Å². The van der Waals surface area contributed by atoms with Crippen LogP contribution in [0.2, 0.25) is 0 Å². The number of ether oxygens (including phenoxy) is 1. The van der Waals surface area contributed by atoms with E-state index in [-0.39, 0.29) is 24.2 Å². The first-order valence-corrected chi connectivity index (χ1v) is 9.64. The molecule has 4 rings (SSSR count). The topological polar surface area (TPSA) is 103 Å². The van der Waals surface area contributed by atoms with Crippen LogP contribution in [0.3, 0.4) is 0 Å². The number of nitrogens with zero attached hydrogens (tertiary/aromatic N) is 2. The Morgan fingerprint density at radius 2 is 2.14 bits per heavy atom. The molecule has 29 heavy (non-hydrogen) atoms. The van der Waals surface area contributed by atoms with E-state index in [2.05, 4.69) is 10.4 Å². The molecule has 8 nitrogen and oxygen atoms in total. The lowest BCUT2D eigenvalue weighted by Gasteiger charge is -2.09. The van der Waals surface area contributed by atoms with Crippen LogP contribution in [-0.2, 0) is 19.4 Å². The minimum Gasteiger partial charge on any atom is -0.490 e. The molecule has 1 aromatic carbocycles. The number of nitrogens with one attached hydrogen (secondary N) is 1. The number of fused-ring (bicyclic) bond motifs is 2. The zero-order chi connectivity index (χ0) is 20.4. The van der Waals surface area contributed by atoms with Crippen molar-refractivity contribution in [2.24, 2.45) is 0 Å². The third-order valence-corrected chi connectivity index (χ3v) is 4.90. The SMILES string of the molecule is CCOc1cccc2cc(C(=O)NCCn3nc4c(cc3=O)CCC4)c(=O)oc12. The molecule has 2 aromatic heterocycles. The molecule has 0 fully saturated rings. The average molecular weight is 395 g/mol. The van der Waals surface area contributed by atoms with Crippen LogP contribution in [0.1, 0.15) is 35.0 Å². The van der Waals surface area contributed by atoms with E-state index >= 15 is 0 Å². The van der Waals surface area contributed by atoms with Crippen molar-refractivity contribution in [3.8, 4) is 5.75 Å². The first kappa shape index (κ1) is 18.9. The van der Waals surface area contributed by atoms with Crippen LogP contribution in [0.4, 0.5) is 0 Å². The summed E-state index contributed by atoms with van der Waals surface area (Å²) >= 11 is 0. The van der Waals surface area contributed by atoms with Crippen LogP contribution in [0.25, 0.3) is 11.0 Å². The Morgan fingerprint density at radius 3 is 2.97 bits per heavy atom. The standard InChI is InChI=1S/C21H21N3O5/c1-2-28-17-8-4-6-14-11-15(21(27)29-19(14)17)20(26)22-9-10-24-18(25)12-13-5-3-7-16(13)23-24/h4,6,8,11-12H,2-3,5,7,9-10H2,1H3,(H,22,26). The smallest absolute Gasteiger partial charge is 0.349 e. The summed E-state index contributed by atoms with van der Waals surface area (Å²) in [6.45, 7) is 2.66. The number of hydrogen-bond donors (Lipinski definition) is 1. The fraction of sp³-hybridized carbons (Fsp3) is 0.333. The van der Waals surface area contributed by atoms with Crippen molar-refractivity contribution < 1.29 is 13.9 Å². The van der Waals surface area contributed by atoms with Gasteiger partial charge in [-0.05, 0) is 43.9 Å². The van der Waals surface area contributed by atoms with E-state index in [0.29, 0.717) is 23.3 Å². The zero-order valence-electron chi connectivity index (χ0n) is 16.1. The highest BCUT2D eigenvalue weighted by Crippen LogP contribution is 2.24. The van der Waals surface area contributed by atoms with Crippen LogP contribution >= 0.6 is 0 Å². The van der Waals surface area contributed by atoms with E-state index in [1.807, 2.05) is 6.92 Å². The minimum absolute atomic E-state index is 0.0968. The van der Waals surface area contributed by atoms with Gasteiger partial charge in [-0.25, -0.2) is 9.48 Å². The number of para-hydroxylation sites is 1. The Bertz CT molecular complexity index is 1200. The molecule has 0 saturated carbocycles. The number of aryl methyl sites for hydroxylation is 2. The van der Waals surface area contributed by atoms with Crippen molar-refractivity contribution in [1.29, 1.82) is 0 Å². The summed E-state index contributed by atoms with van der Waals surface area (Å²) in [5.74, 6) is -0.104. The molecule has 1 N–H and O–H groups in total. The molecule has 0 aliphatic heterocycles. The Labute approximate surface area is 166 Å². The third kappa shape index (κ3) is 3.78. The molecule has 0 saturated heterocycles. The molecule has 0 spiro atoms. The zero-order valence-corrected chi connectivity index (χ0v) is 16.1. The first-order chi connectivity index (χ1) is 14.1. The van der Waals surface area contributed by atoms with E-state index in [0.717, 1.165) is 30.5 Å². The summed E-state index contributed by atoms with van der Waals surface area (Å²) in [7, 11) is 0. The number of carbonyl (C=O) groups is 1. The molecule has 2 heterocycles. The second-order valence-corrected chi connectivity index (χ2v) is 6.84. The predicted octanol–water partition coefficient (Wildman–Crippen LogP) is 1.67. The van der Waals surface area contributed by atoms with Crippen molar-refractivity contribution in [3.05, 3.63) is 67.9 Å². The number of rotatable bonds is 6. The van der Waals surface area contributed by atoms with Crippen LogP contribution in [-0.4, -0.2) is 28.8 Å². The van der Waals surface area contributed by atoms with Crippen LogP contribution < -0.4 is 21.2 Å². The lowest BCUT2D eigenvalue weighted by molar-refractivity contribution is 0.0948. The molecule has 1 aliphatic carbocycles. The van der Waals surface area contributed by atoms with Crippen molar-refractivity contribution in [3.63, 3.8) is 0 Å². The molecule has 1 aliphatic rings. The van der Waals surface area contributed by atoms with Gasteiger partial charge in [-0.3, -0.25) is 9.59 Å². The minimum atomic E-state index is -0.741. The van der Waals surface area contributed by atoms with Gasteiger partial charge in [0, 0.05) is 18.0 Å². The van der Waals surface area contributed by atoms with Crippen molar-refractivity contribution >= 4 is 16.9 Å². The predicted molar refractivity (Wildman–Crippen MR) is 107 cm³/mol. The molecule has 0 atom stereocenters. The van der Waals surface area contributed by atoms with Crippen molar-refractivity contribution in [2.75, 3.05) is 13.2 Å². The number of carbonyl (C=O) groups excluding carboxylic acids is 1. The fourth-order valence-electron chi connectivity index (χ4n) is 3.52. The van der Waals surface area contributed by atoms with E-state index < -0.39 is 11.5 Å². The van der Waals surface area contributed by atoms with Crippen LogP contribution in [0.5, 0.6) is 5.75 Å². The monoisotopic (exact) mass is 395 g/mol. The van der Waals surface area contributed by atoms with Gasteiger partial charge in [0.25, 0.3) is 11.5 Å². The fourth-order valence-corrected chi connectivity index (χ4v) is 3.52. The molecule has 3 aromatic rings. The van der Waals surface area contributed by atoms with E-state index in [1.54, 1.807) is 24.3 Å². The summed E-state index contributed by atoms with van der Waals surface area (Å²) in [6, 6.07) is 8.31. The molecule has 150 valence electrons. The molecule has 1 amide bonds. The third-order valence-electron chi connectivity index (χ3n) is 4.90. The highest BCUT2D eigenvalue weighted by Gasteiger charge is 2.17. The number of amides is 1. The summed E-state index contributed by atoms with van der Waals surface area (Å²) in [4.78, 5) is 36.9. The largest absolute Gasteiger partial charge is 0.490 e. The molecule has 8 heteroatoms. The van der Waals surface area contributed by atoms with E-state index in [4.69, 9.17) is 9.15 Å². The van der Waals surface area contributed by atoms with Crippen LogP contribution in [0.15, 0.2) is 44.3 Å². The number of hydrogen-bond acceptors (Lipinski definition) is 6. The summed E-state index contributed by atoms with van der Waals surface area (Å²) in [5, 5.41) is 7.62. The molecule has 0 radical (unpaired) electrons. The second kappa shape index (κ2) is 7.90. The summed E-state index contributed by atoms with van der Waals surface area (Å²) in [6.07, 6.45) is 2.76. The van der Waals surface area contributed by atoms with Crippen LogP contribution in [0, 0.1) is 0 Å². The van der Waals surface area contributed by atoms with Crippen molar-refractivity contribution in [1.82, 2.24) is 15.1 Å². The number of aromatic nitrogens is 2. The molecule has 0 bridgehead atoms. The van der Waals surface area contributed by atoms with Gasteiger partial charge in [0.05, 0.1) is 18.8 Å². The average Bonchev–Trinajstić information content (AvgIpc) is 3.15. The highest BCUT2D eigenvalue weighted by molar-refractivity contribution is 5.97. The lowest BCUT2D eigenvalue weighted by Crippen LogP contribution is -2.34. The highest BCUT2D eigenvalue weighted by atomic mass is 16.5. The maximum Gasteiger partial charge on any atom is 0.349 e. The lowest BCUT2D eigenvalue weighted by atomic mass is 10.1. The summed E-state index contributed by atoms with van der Waals surface area (Å²) in [5.41, 5.74) is 1.24. The number of benzene rings is 1. The quantitative estimate of drug-likeness (QED) is 0.637. The van der Waals surface area contributed by atoms with Gasteiger partial charge in [-0.15, -0.1) is 0 Å². The van der Waals surface area contributed by atoms with Gasteiger partial charge in [0.1, 0.15) is 5.56 Å². The molecular formula is C21H21N3O5.